The molecule has 1 aromatic heterocycles. The van der Waals surface area contributed by atoms with Crippen molar-refractivity contribution in [3.8, 4) is 0 Å². The van der Waals surface area contributed by atoms with Crippen molar-refractivity contribution in [2.24, 2.45) is 0 Å². The number of halogens is 6. The van der Waals surface area contributed by atoms with Crippen LogP contribution in [0.25, 0.3) is 0 Å². The first kappa shape index (κ1) is 24.1. The molecule has 0 radical (unpaired) electrons. The predicted molar refractivity (Wildman–Crippen MR) is 105 cm³/mol. The third-order valence-corrected chi connectivity index (χ3v) is 5.50. The lowest BCUT2D eigenvalue weighted by Gasteiger charge is -2.36. The third kappa shape index (κ3) is 5.11. The number of carbonyl (C=O) groups excluding carboxylic acids is 1. The van der Waals surface area contributed by atoms with Gasteiger partial charge in [-0.2, -0.15) is 13.2 Å². The minimum Gasteiger partial charge on any atom is -0.393 e. The van der Waals surface area contributed by atoms with Crippen LogP contribution in [0.5, 0.6) is 0 Å². The zero-order valence-corrected chi connectivity index (χ0v) is 17.2. The quantitative estimate of drug-likeness (QED) is 0.567. The summed E-state index contributed by atoms with van der Waals surface area (Å²) in [5, 5.41) is 20.9. The lowest BCUT2D eigenvalue weighted by Crippen LogP contribution is -2.45. The van der Waals surface area contributed by atoms with E-state index in [9.17, 15) is 27.5 Å². The average Bonchev–Trinajstić information content (AvgIpc) is 2.72. The van der Waals surface area contributed by atoms with Gasteiger partial charge < -0.3 is 20.4 Å². The van der Waals surface area contributed by atoms with Crippen molar-refractivity contribution in [2.45, 2.75) is 30.8 Å². The van der Waals surface area contributed by atoms with Gasteiger partial charge in [0.25, 0.3) is 0 Å². The van der Waals surface area contributed by atoms with E-state index in [2.05, 4.69) is 10.3 Å². The number of amides is 2. The lowest BCUT2D eigenvalue weighted by molar-refractivity contribution is -0.139. The van der Waals surface area contributed by atoms with Gasteiger partial charge >= 0.3 is 12.2 Å². The Kier molecular flexibility index (Phi) is 6.91. The number of alkyl halides is 4. The SMILES string of the molecule is O=C(Nc1ccc(C(F)(F)F)c(F)c1)N1CCC(F)(c2ncc(C(O)CO)cc2Cl)CC1. The number of hydrogen-bond acceptors (Lipinski definition) is 4. The van der Waals surface area contributed by atoms with E-state index in [4.69, 9.17) is 16.7 Å². The molecule has 2 aromatic rings. The number of likely N-dealkylation sites (tertiary alicyclic amines) is 1. The van der Waals surface area contributed by atoms with E-state index in [1.807, 2.05) is 0 Å². The number of piperidine rings is 1. The average molecular weight is 480 g/mol. The Morgan fingerprint density at radius 1 is 1.28 bits per heavy atom. The third-order valence-electron chi connectivity index (χ3n) is 5.21. The topological polar surface area (TPSA) is 85.7 Å². The van der Waals surface area contributed by atoms with Gasteiger partial charge in [0.2, 0.25) is 0 Å². The van der Waals surface area contributed by atoms with Crippen molar-refractivity contribution in [3.05, 3.63) is 58.1 Å². The molecule has 1 atom stereocenters. The number of nitrogens with one attached hydrogen (secondary N) is 1. The van der Waals surface area contributed by atoms with Gasteiger partial charge in [0.05, 0.1) is 22.9 Å². The maximum absolute atomic E-state index is 15.5. The molecule has 6 nitrogen and oxygen atoms in total. The largest absolute Gasteiger partial charge is 0.419 e. The van der Waals surface area contributed by atoms with E-state index < -0.39 is 42.0 Å². The summed E-state index contributed by atoms with van der Waals surface area (Å²) in [5.74, 6) is -1.52. The van der Waals surface area contributed by atoms with Crippen LogP contribution in [0, 0.1) is 5.82 Å². The molecular weight excluding hydrogens is 461 g/mol. The van der Waals surface area contributed by atoms with Gasteiger partial charge in [0.15, 0.2) is 5.67 Å². The Labute approximate surface area is 184 Å². The number of nitrogens with zero attached hydrogens (tertiary/aromatic N) is 2. The molecule has 0 bridgehead atoms. The molecule has 2 heterocycles. The van der Waals surface area contributed by atoms with Crippen LogP contribution in [0.2, 0.25) is 5.02 Å². The van der Waals surface area contributed by atoms with Crippen LogP contribution in [0.1, 0.15) is 35.8 Å². The van der Waals surface area contributed by atoms with Gasteiger partial charge in [-0.25, -0.2) is 13.6 Å². The summed E-state index contributed by atoms with van der Waals surface area (Å²) in [6.07, 6.45) is -5.16. The molecule has 0 saturated carbocycles. The molecule has 0 aliphatic carbocycles. The normalized spacial score (nSPS) is 17.2. The van der Waals surface area contributed by atoms with Crippen molar-refractivity contribution in [2.75, 3.05) is 25.0 Å². The first-order chi connectivity index (χ1) is 14.9. The summed E-state index contributed by atoms with van der Waals surface area (Å²) in [7, 11) is 0. The molecule has 1 unspecified atom stereocenters. The van der Waals surface area contributed by atoms with Crippen LogP contribution in [-0.2, 0) is 11.8 Å². The Morgan fingerprint density at radius 2 is 1.94 bits per heavy atom. The molecule has 1 saturated heterocycles. The smallest absolute Gasteiger partial charge is 0.393 e. The molecule has 174 valence electrons. The second kappa shape index (κ2) is 9.16. The molecule has 1 aromatic carbocycles. The number of carbonyl (C=O) groups is 1. The summed E-state index contributed by atoms with van der Waals surface area (Å²) in [4.78, 5) is 17.6. The van der Waals surface area contributed by atoms with E-state index in [0.717, 1.165) is 6.07 Å². The standard InChI is InChI=1S/C20H19ClF5N3O3/c21-14-7-11(16(31)10-30)9-27-17(14)19(23)3-5-29(6-4-19)18(32)28-12-1-2-13(15(22)8-12)20(24,25)26/h1-2,7-9,16,30-31H,3-6,10H2,(H,28,32). The number of hydrogen-bond donors (Lipinski definition) is 3. The zero-order valence-electron chi connectivity index (χ0n) is 16.5. The van der Waals surface area contributed by atoms with Gasteiger partial charge in [0.1, 0.15) is 11.9 Å². The van der Waals surface area contributed by atoms with Crippen LogP contribution in [0.3, 0.4) is 0 Å². The molecule has 1 aliphatic rings. The highest BCUT2D eigenvalue weighted by molar-refractivity contribution is 6.31. The van der Waals surface area contributed by atoms with Crippen molar-refractivity contribution in [1.82, 2.24) is 9.88 Å². The molecule has 12 heteroatoms. The van der Waals surface area contributed by atoms with Gasteiger partial charge in [-0.1, -0.05) is 11.6 Å². The number of benzene rings is 1. The monoisotopic (exact) mass is 479 g/mol. The minimum absolute atomic E-state index is 0.0318. The van der Waals surface area contributed by atoms with Gasteiger partial charge in [-0.15, -0.1) is 0 Å². The summed E-state index contributed by atoms with van der Waals surface area (Å²) in [6, 6.07) is 2.62. The van der Waals surface area contributed by atoms with Crippen LogP contribution in [-0.4, -0.2) is 45.8 Å². The minimum atomic E-state index is -4.85. The molecule has 1 aliphatic heterocycles. The van der Waals surface area contributed by atoms with Gasteiger partial charge in [0, 0.05) is 43.4 Å². The Balaban J connectivity index is 1.65. The highest BCUT2D eigenvalue weighted by Crippen LogP contribution is 2.40. The fraction of sp³-hybridized carbons (Fsp3) is 0.400. The van der Waals surface area contributed by atoms with E-state index in [0.29, 0.717) is 12.1 Å². The van der Waals surface area contributed by atoms with E-state index in [1.54, 1.807) is 0 Å². The van der Waals surface area contributed by atoms with Crippen LogP contribution >= 0.6 is 11.6 Å². The molecule has 0 spiro atoms. The Bertz CT molecular complexity index is 997. The number of urea groups is 1. The fourth-order valence-electron chi connectivity index (χ4n) is 3.40. The second-order valence-electron chi connectivity index (χ2n) is 7.37. The van der Waals surface area contributed by atoms with E-state index >= 15 is 4.39 Å². The summed E-state index contributed by atoms with van der Waals surface area (Å²) < 4.78 is 67.1. The molecular formula is C20H19ClF5N3O3. The van der Waals surface area contributed by atoms with Crippen molar-refractivity contribution in [1.29, 1.82) is 0 Å². The van der Waals surface area contributed by atoms with Gasteiger partial charge in [-0.3, -0.25) is 4.98 Å². The summed E-state index contributed by atoms with van der Waals surface area (Å²) >= 11 is 6.12. The fourth-order valence-corrected chi connectivity index (χ4v) is 3.74. The molecule has 32 heavy (non-hydrogen) atoms. The number of anilines is 1. The molecule has 2 amide bonds. The van der Waals surface area contributed by atoms with E-state index in [1.165, 1.54) is 17.2 Å². The summed E-state index contributed by atoms with van der Waals surface area (Å²) in [5.41, 5.74) is -3.39. The van der Waals surface area contributed by atoms with Crippen molar-refractivity contribution in [3.63, 3.8) is 0 Å². The van der Waals surface area contributed by atoms with Crippen LogP contribution in [0.15, 0.2) is 30.5 Å². The Hall–Kier alpha value is -2.50. The number of rotatable bonds is 4. The maximum atomic E-state index is 15.5. The number of aliphatic hydroxyl groups excluding tert-OH is 2. The van der Waals surface area contributed by atoms with Crippen molar-refractivity contribution < 1.29 is 37.0 Å². The molecule has 1 fully saturated rings. The van der Waals surface area contributed by atoms with Crippen LogP contribution < -0.4 is 5.32 Å². The highest BCUT2D eigenvalue weighted by Gasteiger charge is 2.40. The highest BCUT2D eigenvalue weighted by atomic mass is 35.5. The lowest BCUT2D eigenvalue weighted by atomic mass is 9.89. The number of pyridine rings is 1. The summed E-state index contributed by atoms with van der Waals surface area (Å²) in [6.45, 7) is -0.653. The second-order valence-corrected chi connectivity index (χ2v) is 7.78. The zero-order chi connectivity index (χ0) is 23.7. The van der Waals surface area contributed by atoms with Crippen LogP contribution in [0.4, 0.5) is 32.4 Å². The number of aromatic nitrogens is 1. The maximum Gasteiger partial charge on any atom is 0.419 e. The first-order valence-corrected chi connectivity index (χ1v) is 9.89. The van der Waals surface area contributed by atoms with Crippen molar-refractivity contribution >= 4 is 23.3 Å². The molecule has 3 N–H and O–H groups in total. The van der Waals surface area contributed by atoms with Gasteiger partial charge in [-0.05, 0) is 24.3 Å². The molecule has 3 rings (SSSR count). The predicted octanol–water partition coefficient (Wildman–Crippen LogP) is 4.41. The first-order valence-electron chi connectivity index (χ1n) is 9.51. The number of aliphatic hydroxyl groups is 2. The Morgan fingerprint density at radius 3 is 2.47 bits per heavy atom. The van der Waals surface area contributed by atoms with E-state index in [-0.39, 0.29) is 47.9 Å².